The van der Waals surface area contributed by atoms with Gasteiger partial charge in [0, 0.05) is 19.3 Å². The number of pyridine rings is 1. The Bertz CT molecular complexity index is 440. The van der Waals surface area contributed by atoms with Gasteiger partial charge in [0.2, 0.25) is 5.88 Å². The van der Waals surface area contributed by atoms with Gasteiger partial charge in [-0.25, -0.2) is 4.98 Å². The Morgan fingerprint density at radius 3 is 2.68 bits per heavy atom. The average Bonchev–Trinajstić information content (AvgIpc) is 2.46. The molecule has 4 nitrogen and oxygen atoms in total. The SMILES string of the molecule is COc1ncccc1C(=O)N(C)C1CCC(C)CC1. The van der Waals surface area contributed by atoms with Gasteiger partial charge in [-0.05, 0) is 43.7 Å². The summed E-state index contributed by atoms with van der Waals surface area (Å²) in [6, 6.07) is 3.89. The van der Waals surface area contributed by atoms with Crippen LogP contribution in [-0.4, -0.2) is 36.0 Å². The molecule has 1 aromatic heterocycles. The van der Waals surface area contributed by atoms with Crippen LogP contribution in [0.15, 0.2) is 18.3 Å². The van der Waals surface area contributed by atoms with Gasteiger partial charge in [-0.2, -0.15) is 0 Å². The number of hydrogen-bond donors (Lipinski definition) is 0. The summed E-state index contributed by atoms with van der Waals surface area (Å²) in [6.07, 6.45) is 6.22. The van der Waals surface area contributed by atoms with Gasteiger partial charge < -0.3 is 9.64 Å². The van der Waals surface area contributed by atoms with Gasteiger partial charge in [-0.3, -0.25) is 4.79 Å². The summed E-state index contributed by atoms with van der Waals surface area (Å²) in [5.74, 6) is 1.20. The van der Waals surface area contributed by atoms with Gasteiger partial charge in [-0.15, -0.1) is 0 Å². The highest BCUT2D eigenvalue weighted by molar-refractivity contribution is 5.96. The number of carbonyl (C=O) groups excluding carboxylic acids is 1. The third-order valence-corrected chi connectivity index (χ3v) is 4.05. The predicted molar refractivity (Wildman–Crippen MR) is 74.3 cm³/mol. The monoisotopic (exact) mass is 262 g/mol. The third kappa shape index (κ3) is 3.06. The van der Waals surface area contributed by atoms with Crippen molar-refractivity contribution in [2.45, 2.75) is 38.6 Å². The van der Waals surface area contributed by atoms with Crippen LogP contribution in [0.25, 0.3) is 0 Å². The fraction of sp³-hybridized carbons (Fsp3) is 0.600. The molecule has 1 saturated carbocycles. The largest absolute Gasteiger partial charge is 0.480 e. The van der Waals surface area contributed by atoms with E-state index in [-0.39, 0.29) is 5.91 Å². The third-order valence-electron chi connectivity index (χ3n) is 4.05. The number of amides is 1. The number of ether oxygens (including phenoxy) is 1. The molecule has 1 heterocycles. The number of methoxy groups -OCH3 is 1. The van der Waals surface area contributed by atoms with Crippen LogP contribution in [0.2, 0.25) is 0 Å². The molecule has 0 saturated heterocycles. The molecule has 4 heteroatoms. The first-order valence-electron chi connectivity index (χ1n) is 6.89. The van der Waals surface area contributed by atoms with Gasteiger partial charge in [0.25, 0.3) is 5.91 Å². The fourth-order valence-corrected chi connectivity index (χ4v) is 2.70. The standard InChI is InChI=1S/C15H22N2O2/c1-11-6-8-12(9-7-11)17(2)15(18)13-5-4-10-16-14(13)19-3/h4-5,10-12H,6-9H2,1-3H3. The molecule has 0 atom stereocenters. The molecule has 1 aliphatic carbocycles. The van der Waals surface area contributed by atoms with E-state index in [1.54, 1.807) is 25.4 Å². The Hall–Kier alpha value is -1.58. The Morgan fingerprint density at radius 2 is 2.05 bits per heavy atom. The van der Waals surface area contributed by atoms with Gasteiger partial charge in [0.05, 0.1) is 7.11 Å². The number of hydrogen-bond acceptors (Lipinski definition) is 3. The zero-order chi connectivity index (χ0) is 13.8. The second-order valence-corrected chi connectivity index (χ2v) is 5.39. The second kappa shape index (κ2) is 6.04. The van der Waals surface area contributed by atoms with Crippen LogP contribution in [0.3, 0.4) is 0 Å². The highest BCUT2D eigenvalue weighted by atomic mass is 16.5. The molecule has 0 N–H and O–H groups in total. The number of carbonyl (C=O) groups is 1. The molecule has 1 fully saturated rings. The van der Waals surface area contributed by atoms with Crippen molar-refractivity contribution in [3.63, 3.8) is 0 Å². The van der Waals surface area contributed by atoms with Crippen LogP contribution in [0, 0.1) is 5.92 Å². The normalized spacial score (nSPS) is 22.9. The molecule has 19 heavy (non-hydrogen) atoms. The summed E-state index contributed by atoms with van der Waals surface area (Å²) in [6.45, 7) is 2.28. The van der Waals surface area contributed by atoms with E-state index in [1.807, 2.05) is 11.9 Å². The molecular weight excluding hydrogens is 240 g/mol. The lowest BCUT2D eigenvalue weighted by Gasteiger charge is -2.33. The Morgan fingerprint density at radius 1 is 1.37 bits per heavy atom. The minimum Gasteiger partial charge on any atom is -0.480 e. The smallest absolute Gasteiger partial charge is 0.259 e. The Balaban J connectivity index is 2.10. The minimum absolute atomic E-state index is 0.00417. The van der Waals surface area contributed by atoms with Crippen molar-refractivity contribution in [3.05, 3.63) is 23.9 Å². The van der Waals surface area contributed by atoms with Crippen LogP contribution < -0.4 is 4.74 Å². The lowest BCUT2D eigenvalue weighted by Crippen LogP contribution is -2.39. The fourth-order valence-electron chi connectivity index (χ4n) is 2.70. The molecule has 1 amide bonds. The van der Waals surface area contributed by atoms with E-state index in [4.69, 9.17) is 4.74 Å². The molecular formula is C15H22N2O2. The zero-order valence-electron chi connectivity index (χ0n) is 11.9. The minimum atomic E-state index is 0.00417. The van der Waals surface area contributed by atoms with Crippen molar-refractivity contribution in [1.29, 1.82) is 0 Å². The molecule has 0 aromatic carbocycles. The van der Waals surface area contributed by atoms with Gasteiger partial charge >= 0.3 is 0 Å². The van der Waals surface area contributed by atoms with Crippen molar-refractivity contribution >= 4 is 5.91 Å². The summed E-state index contributed by atoms with van der Waals surface area (Å²) < 4.78 is 5.16. The molecule has 0 spiro atoms. The summed E-state index contributed by atoms with van der Waals surface area (Å²) in [7, 11) is 3.43. The quantitative estimate of drug-likeness (QED) is 0.841. The molecule has 0 bridgehead atoms. The maximum absolute atomic E-state index is 12.5. The highest BCUT2D eigenvalue weighted by Gasteiger charge is 2.27. The number of rotatable bonds is 3. The Kier molecular flexibility index (Phi) is 4.40. The summed E-state index contributed by atoms with van der Waals surface area (Å²) in [5.41, 5.74) is 0.547. The van der Waals surface area contributed by atoms with E-state index in [9.17, 15) is 4.79 Å². The average molecular weight is 262 g/mol. The van der Waals surface area contributed by atoms with Gasteiger partial charge in [-0.1, -0.05) is 6.92 Å². The highest BCUT2D eigenvalue weighted by Crippen LogP contribution is 2.28. The van der Waals surface area contributed by atoms with Crippen molar-refractivity contribution in [3.8, 4) is 5.88 Å². The van der Waals surface area contributed by atoms with Crippen molar-refractivity contribution < 1.29 is 9.53 Å². The predicted octanol–water partition coefficient (Wildman–Crippen LogP) is 2.74. The van der Waals surface area contributed by atoms with Crippen LogP contribution >= 0.6 is 0 Å². The van der Waals surface area contributed by atoms with Crippen molar-refractivity contribution in [1.82, 2.24) is 9.88 Å². The topological polar surface area (TPSA) is 42.4 Å². The van der Waals surface area contributed by atoms with E-state index < -0.39 is 0 Å². The van der Waals surface area contributed by atoms with E-state index in [0.717, 1.165) is 18.8 Å². The summed E-state index contributed by atoms with van der Waals surface area (Å²) >= 11 is 0. The lowest BCUT2D eigenvalue weighted by atomic mass is 9.86. The molecule has 1 aliphatic rings. The summed E-state index contributed by atoms with van der Waals surface area (Å²) in [5, 5.41) is 0. The first kappa shape index (κ1) is 13.8. The molecule has 2 rings (SSSR count). The van der Waals surface area contributed by atoms with Gasteiger partial charge in [0.1, 0.15) is 5.56 Å². The molecule has 0 radical (unpaired) electrons. The second-order valence-electron chi connectivity index (χ2n) is 5.39. The zero-order valence-corrected chi connectivity index (χ0v) is 11.9. The van der Waals surface area contributed by atoms with Gasteiger partial charge in [0.15, 0.2) is 0 Å². The van der Waals surface area contributed by atoms with E-state index in [1.165, 1.54) is 12.8 Å². The molecule has 0 aliphatic heterocycles. The van der Waals surface area contributed by atoms with Crippen LogP contribution in [-0.2, 0) is 0 Å². The van der Waals surface area contributed by atoms with Crippen molar-refractivity contribution in [2.75, 3.05) is 14.2 Å². The number of nitrogens with zero attached hydrogens (tertiary/aromatic N) is 2. The summed E-state index contributed by atoms with van der Waals surface area (Å²) in [4.78, 5) is 18.5. The van der Waals surface area contributed by atoms with Crippen molar-refractivity contribution in [2.24, 2.45) is 5.92 Å². The molecule has 0 unspecified atom stereocenters. The van der Waals surface area contributed by atoms with E-state index in [0.29, 0.717) is 17.5 Å². The van der Waals surface area contributed by atoms with E-state index >= 15 is 0 Å². The first-order chi connectivity index (χ1) is 9.13. The van der Waals surface area contributed by atoms with Crippen LogP contribution in [0.1, 0.15) is 43.0 Å². The maximum atomic E-state index is 12.5. The first-order valence-corrected chi connectivity index (χ1v) is 6.89. The Labute approximate surface area is 114 Å². The number of aromatic nitrogens is 1. The molecule has 1 aromatic rings. The lowest BCUT2D eigenvalue weighted by molar-refractivity contribution is 0.0675. The molecule has 104 valence electrons. The van der Waals surface area contributed by atoms with Crippen LogP contribution in [0.4, 0.5) is 0 Å². The van der Waals surface area contributed by atoms with E-state index in [2.05, 4.69) is 11.9 Å². The maximum Gasteiger partial charge on any atom is 0.259 e. The van der Waals surface area contributed by atoms with Crippen LogP contribution in [0.5, 0.6) is 5.88 Å².